The second-order valence-electron chi connectivity index (χ2n) is 8.22. The average molecular weight is 346 g/mol. The minimum absolute atomic E-state index is 0.273. The number of fused-ring (bicyclic) bond motifs is 3. The normalized spacial score (nSPS) is 23.2. The van der Waals surface area contributed by atoms with E-state index in [-0.39, 0.29) is 5.41 Å². The smallest absolute Gasteiger partial charge is 0.159 e. The van der Waals surface area contributed by atoms with Crippen molar-refractivity contribution in [3.05, 3.63) is 34.9 Å². The van der Waals surface area contributed by atoms with Gasteiger partial charge in [-0.25, -0.2) is 0 Å². The van der Waals surface area contributed by atoms with E-state index in [1.165, 1.54) is 21.8 Å². The molecule has 0 spiro atoms. The highest BCUT2D eigenvalue weighted by atomic mass is 32.2. The van der Waals surface area contributed by atoms with E-state index in [4.69, 9.17) is 4.74 Å². The summed E-state index contributed by atoms with van der Waals surface area (Å²) >= 11 is 1.96. The van der Waals surface area contributed by atoms with Crippen molar-refractivity contribution in [1.82, 2.24) is 5.32 Å². The maximum atomic E-state index is 5.24. The van der Waals surface area contributed by atoms with Gasteiger partial charge in [0.1, 0.15) is 0 Å². The summed E-state index contributed by atoms with van der Waals surface area (Å²) in [5.41, 5.74) is 4.71. The molecule has 1 unspecified atom stereocenters. The Hall–Kier alpha value is -1.17. The zero-order valence-corrected chi connectivity index (χ0v) is 15.8. The first kappa shape index (κ1) is 16.3. The van der Waals surface area contributed by atoms with Gasteiger partial charge in [-0.3, -0.25) is 0 Å². The van der Waals surface area contributed by atoms with Crippen molar-refractivity contribution in [2.45, 2.75) is 45.8 Å². The molecule has 3 heterocycles. The van der Waals surface area contributed by atoms with Gasteiger partial charge in [-0.15, -0.1) is 0 Å². The van der Waals surface area contributed by atoms with Crippen molar-refractivity contribution in [2.75, 3.05) is 29.6 Å². The molecule has 4 rings (SSSR count). The van der Waals surface area contributed by atoms with Crippen LogP contribution in [-0.2, 0) is 11.3 Å². The number of rotatable bonds is 4. The molecule has 1 aromatic rings. The summed E-state index contributed by atoms with van der Waals surface area (Å²) in [5, 5.41) is 3.57. The van der Waals surface area contributed by atoms with Gasteiger partial charge in [0.05, 0.1) is 30.6 Å². The van der Waals surface area contributed by atoms with E-state index < -0.39 is 0 Å². The van der Waals surface area contributed by atoms with Gasteiger partial charge < -0.3 is 19.9 Å². The van der Waals surface area contributed by atoms with Crippen LogP contribution >= 0.6 is 11.8 Å². The third-order valence-electron chi connectivity index (χ3n) is 4.62. The average Bonchev–Trinajstić information content (AvgIpc) is 2.94. The number of nitrogens with one attached hydrogen (secondary N) is 1. The van der Waals surface area contributed by atoms with Gasteiger partial charge in [0, 0.05) is 24.2 Å². The number of thioether (sulfide) groups is 1. The quantitative estimate of drug-likeness (QED) is 0.897. The molecular formula is C19H27N3OS. The molecule has 24 heavy (non-hydrogen) atoms. The van der Waals surface area contributed by atoms with Crippen molar-refractivity contribution in [3.63, 3.8) is 0 Å². The summed E-state index contributed by atoms with van der Waals surface area (Å²) < 4.78 is 5.24. The molecule has 0 bridgehead atoms. The molecule has 1 saturated heterocycles. The predicted molar refractivity (Wildman–Crippen MR) is 102 cm³/mol. The largest absolute Gasteiger partial charge is 0.378 e. The highest BCUT2D eigenvalue weighted by molar-refractivity contribution is 8.04. The second kappa shape index (κ2) is 5.97. The molecule has 1 atom stereocenters. The lowest BCUT2D eigenvalue weighted by Gasteiger charge is -2.32. The fraction of sp³-hybridized carbons (Fsp3) is 0.579. The summed E-state index contributed by atoms with van der Waals surface area (Å²) in [6.45, 7) is 12.8. The van der Waals surface area contributed by atoms with Crippen LogP contribution in [-0.4, -0.2) is 31.3 Å². The van der Waals surface area contributed by atoms with E-state index in [1.807, 2.05) is 11.8 Å². The Kier molecular flexibility index (Phi) is 4.06. The first-order valence-corrected chi connectivity index (χ1v) is 9.63. The van der Waals surface area contributed by atoms with Crippen molar-refractivity contribution in [2.24, 2.45) is 5.41 Å². The van der Waals surface area contributed by atoms with Crippen LogP contribution in [0, 0.1) is 5.41 Å². The lowest BCUT2D eigenvalue weighted by molar-refractivity contribution is -0.00578. The van der Waals surface area contributed by atoms with Crippen LogP contribution in [0.25, 0.3) is 0 Å². The highest BCUT2D eigenvalue weighted by Gasteiger charge is 2.40. The summed E-state index contributed by atoms with van der Waals surface area (Å²) in [5.74, 6) is 0. The predicted octanol–water partition coefficient (Wildman–Crippen LogP) is 3.74. The molecule has 1 fully saturated rings. The summed E-state index contributed by atoms with van der Waals surface area (Å²) in [6, 6.07) is 7.45. The van der Waals surface area contributed by atoms with Gasteiger partial charge in [0.2, 0.25) is 0 Å². The van der Waals surface area contributed by atoms with E-state index in [9.17, 15) is 0 Å². The maximum Gasteiger partial charge on any atom is 0.159 e. The number of hydrogen-bond donors (Lipinski definition) is 1. The van der Waals surface area contributed by atoms with Gasteiger partial charge >= 0.3 is 0 Å². The Morgan fingerprint density at radius 3 is 2.71 bits per heavy atom. The SMILES string of the molecule is CC1=CN2c3cc(CNC4COC4)ccc3N(CC(C)(C)C)C2S1. The maximum absolute atomic E-state index is 5.24. The number of allylic oxidation sites excluding steroid dienone is 1. The van der Waals surface area contributed by atoms with E-state index in [0.29, 0.717) is 11.5 Å². The van der Waals surface area contributed by atoms with Crippen LogP contribution < -0.4 is 15.1 Å². The Morgan fingerprint density at radius 2 is 2.04 bits per heavy atom. The topological polar surface area (TPSA) is 27.7 Å². The minimum atomic E-state index is 0.273. The van der Waals surface area contributed by atoms with Crippen LogP contribution in [0.3, 0.4) is 0 Å². The summed E-state index contributed by atoms with van der Waals surface area (Å²) in [7, 11) is 0. The number of benzene rings is 1. The Bertz CT molecular complexity index is 663. The van der Waals surface area contributed by atoms with Crippen molar-refractivity contribution in [1.29, 1.82) is 0 Å². The first-order chi connectivity index (χ1) is 11.4. The highest BCUT2D eigenvalue weighted by Crippen LogP contribution is 2.50. The van der Waals surface area contributed by atoms with Crippen molar-refractivity contribution >= 4 is 23.1 Å². The molecule has 1 aromatic carbocycles. The van der Waals surface area contributed by atoms with Crippen molar-refractivity contribution in [3.8, 4) is 0 Å². The van der Waals surface area contributed by atoms with E-state index in [2.05, 4.69) is 67.2 Å². The first-order valence-electron chi connectivity index (χ1n) is 8.75. The molecule has 130 valence electrons. The zero-order valence-electron chi connectivity index (χ0n) is 15.0. The molecule has 0 aromatic heterocycles. The molecule has 1 N–H and O–H groups in total. The lowest BCUT2D eigenvalue weighted by atomic mass is 9.96. The Balaban J connectivity index is 1.59. The molecule has 0 amide bonds. The number of hydrogen-bond acceptors (Lipinski definition) is 5. The van der Waals surface area contributed by atoms with Crippen LogP contribution in [0.2, 0.25) is 0 Å². The third-order valence-corrected chi connectivity index (χ3v) is 5.79. The molecule has 0 aliphatic carbocycles. The van der Waals surface area contributed by atoms with E-state index >= 15 is 0 Å². The molecule has 3 aliphatic rings. The van der Waals surface area contributed by atoms with Gasteiger partial charge in [0.15, 0.2) is 5.50 Å². The van der Waals surface area contributed by atoms with Crippen LogP contribution in [0.4, 0.5) is 11.4 Å². The zero-order chi connectivity index (χ0) is 16.9. The molecule has 0 saturated carbocycles. The monoisotopic (exact) mass is 345 g/mol. The molecule has 4 nitrogen and oxygen atoms in total. The number of anilines is 2. The third kappa shape index (κ3) is 3.05. The number of nitrogens with zero attached hydrogens (tertiary/aromatic N) is 2. The standard InChI is InChI=1S/C19H27N3OS/c1-13-9-21-17-7-14(8-20-15-10-23-11-15)5-6-16(17)22(18(21)24-13)12-19(2,3)4/h5-7,9,15,18,20H,8,10-12H2,1-4H3. The van der Waals surface area contributed by atoms with Crippen LogP contribution in [0.15, 0.2) is 29.3 Å². The Morgan fingerprint density at radius 1 is 1.25 bits per heavy atom. The van der Waals surface area contributed by atoms with Gasteiger partial charge in [0.25, 0.3) is 0 Å². The summed E-state index contributed by atoms with van der Waals surface area (Å²) in [4.78, 5) is 6.39. The van der Waals surface area contributed by atoms with E-state index in [0.717, 1.165) is 26.3 Å². The molecular weight excluding hydrogens is 318 g/mol. The molecule has 5 heteroatoms. The van der Waals surface area contributed by atoms with Crippen LogP contribution in [0.1, 0.15) is 33.3 Å². The fourth-order valence-electron chi connectivity index (χ4n) is 3.45. The minimum Gasteiger partial charge on any atom is -0.378 e. The number of ether oxygens (including phenoxy) is 1. The lowest BCUT2D eigenvalue weighted by Crippen LogP contribution is -2.45. The second-order valence-corrected chi connectivity index (χ2v) is 9.52. The Labute approximate surface area is 149 Å². The fourth-order valence-corrected chi connectivity index (χ4v) is 4.56. The van der Waals surface area contributed by atoms with Gasteiger partial charge in [-0.05, 0) is 30.0 Å². The van der Waals surface area contributed by atoms with E-state index in [1.54, 1.807) is 0 Å². The van der Waals surface area contributed by atoms with Gasteiger partial charge in [-0.1, -0.05) is 38.6 Å². The van der Waals surface area contributed by atoms with Crippen molar-refractivity contribution < 1.29 is 4.74 Å². The molecule has 0 radical (unpaired) electrons. The molecule has 3 aliphatic heterocycles. The summed E-state index contributed by atoms with van der Waals surface area (Å²) in [6.07, 6.45) is 2.30. The van der Waals surface area contributed by atoms with Gasteiger partial charge in [-0.2, -0.15) is 0 Å². The van der Waals surface area contributed by atoms with Crippen LogP contribution in [0.5, 0.6) is 0 Å².